The molecular formula is C23H28NO4+. The zero-order chi connectivity index (χ0) is 19.8. The van der Waals surface area contributed by atoms with Crippen LogP contribution in [0.3, 0.4) is 0 Å². The van der Waals surface area contributed by atoms with Gasteiger partial charge in [0.25, 0.3) is 0 Å². The molecule has 1 heterocycles. The van der Waals surface area contributed by atoms with Gasteiger partial charge < -0.3 is 14.2 Å². The molecule has 0 unspecified atom stereocenters. The van der Waals surface area contributed by atoms with Crippen LogP contribution in [0.5, 0.6) is 5.75 Å². The summed E-state index contributed by atoms with van der Waals surface area (Å²) < 4.78 is 18.6. The van der Waals surface area contributed by atoms with Gasteiger partial charge in [-0.1, -0.05) is 36.4 Å². The predicted molar refractivity (Wildman–Crippen MR) is 109 cm³/mol. The molecule has 0 atom stereocenters. The molecule has 0 fully saturated rings. The molecule has 0 aliphatic carbocycles. The number of para-hydroxylation sites is 2. The van der Waals surface area contributed by atoms with Crippen molar-refractivity contribution in [1.29, 1.82) is 0 Å². The highest BCUT2D eigenvalue weighted by atomic mass is 16.5. The first-order valence-corrected chi connectivity index (χ1v) is 9.70. The summed E-state index contributed by atoms with van der Waals surface area (Å²) >= 11 is 0. The number of fused-ring (bicyclic) bond motifs is 1. The lowest BCUT2D eigenvalue weighted by Crippen LogP contribution is -2.19. The number of benzene rings is 2. The molecule has 1 aliphatic rings. The summed E-state index contributed by atoms with van der Waals surface area (Å²) in [6, 6.07) is 17.5. The second-order valence-corrected chi connectivity index (χ2v) is 7.32. The average molecular weight is 382 g/mol. The van der Waals surface area contributed by atoms with Gasteiger partial charge in [-0.2, -0.15) is 4.58 Å². The molecule has 0 spiro atoms. The van der Waals surface area contributed by atoms with Gasteiger partial charge in [0, 0.05) is 11.6 Å². The van der Waals surface area contributed by atoms with Crippen LogP contribution in [0.1, 0.15) is 25.8 Å². The highest BCUT2D eigenvalue weighted by molar-refractivity contribution is 5.76. The van der Waals surface area contributed by atoms with E-state index < -0.39 is 0 Å². The van der Waals surface area contributed by atoms with Crippen molar-refractivity contribution in [3.8, 4) is 5.75 Å². The molecular weight excluding hydrogens is 354 g/mol. The molecule has 0 saturated heterocycles. The highest BCUT2D eigenvalue weighted by Gasteiger charge is 2.36. The summed E-state index contributed by atoms with van der Waals surface area (Å²) in [5.74, 6) is 0.261. The fraction of sp³-hybridized carbons (Fsp3) is 0.391. The summed E-state index contributed by atoms with van der Waals surface area (Å²) in [7, 11) is 0. The largest absolute Gasteiger partial charge is 0.426 e. The molecule has 1 aliphatic heterocycles. The Morgan fingerprint density at radius 2 is 1.57 bits per heavy atom. The Bertz CT molecular complexity index is 814. The van der Waals surface area contributed by atoms with E-state index in [9.17, 15) is 4.79 Å². The lowest BCUT2D eigenvalue weighted by molar-refractivity contribution is -0.438. The van der Waals surface area contributed by atoms with Crippen molar-refractivity contribution in [2.75, 3.05) is 33.0 Å². The normalized spacial score (nSPS) is 14.4. The summed E-state index contributed by atoms with van der Waals surface area (Å²) in [4.78, 5) is 11.7. The zero-order valence-electron chi connectivity index (χ0n) is 16.6. The minimum atomic E-state index is -0.294. The van der Waals surface area contributed by atoms with Crippen molar-refractivity contribution in [3.05, 3.63) is 60.2 Å². The number of ether oxygens (including phenoxy) is 3. The van der Waals surface area contributed by atoms with E-state index in [4.69, 9.17) is 14.2 Å². The SMILES string of the molecule is CC1(C)C=[N+](CCOCCOCCC(=O)Oc2ccccc2)c2ccccc21. The summed E-state index contributed by atoms with van der Waals surface area (Å²) in [5, 5.41) is 0. The van der Waals surface area contributed by atoms with Crippen LogP contribution in [-0.2, 0) is 19.7 Å². The van der Waals surface area contributed by atoms with Crippen LogP contribution in [0.15, 0.2) is 54.6 Å². The second-order valence-electron chi connectivity index (χ2n) is 7.32. The number of esters is 1. The summed E-state index contributed by atoms with van der Waals surface area (Å²) in [6.45, 7) is 7.18. The molecule has 5 heteroatoms. The van der Waals surface area contributed by atoms with Crippen LogP contribution in [0.25, 0.3) is 0 Å². The fourth-order valence-electron chi connectivity index (χ4n) is 3.29. The number of hydrogen-bond acceptors (Lipinski definition) is 4. The molecule has 0 bridgehead atoms. The van der Waals surface area contributed by atoms with E-state index >= 15 is 0 Å². The quantitative estimate of drug-likeness (QED) is 0.272. The van der Waals surface area contributed by atoms with Gasteiger partial charge in [0.05, 0.1) is 31.7 Å². The van der Waals surface area contributed by atoms with Crippen molar-refractivity contribution in [2.24, 2.45) is 0 Å². The van der Waals surface area contributed by atoms with Crippen LogP contribution in [0, 0.1) is 0 Å². The zero-order valence-corrected chi connectivity index (χ0v) is 16.6. The van der Waals surface area contributed by atoms with Crippen molar-refractivity contribution in [3.63, 3.8) is 0 Å². The maximum atomic E-state index is 11.7. The third kappa shape index (κ3) is 5.50. The van der Waals surface area contributed by atoms with Gasteiger partial charge in [-0.25, -0.2) is 0 Å². The Kier molecular flexibility index (Phi) is 6.95. The van der Waals surface area contributed by atoms with E-state index in [1.165, 1.54) is 11.3 Å². The third-order valence-corrected chi connectivity index (χ3v) is 4.66. The number of rotatable bonds is 10. The van der Waals surface area contributed by atoms with Crippen LogP contribution in [-0.4, -0.2) is 49.7 Å². The minimum Gasteiger partial charge on any atom is -0.426 e. The van der Waals surface area contributed by atoms with E-state index in [-0.39, 0.29) is 17.8 Å². The first-order chi connectivity index (χ1) is 13.6. The smallest absolute Gasteiger partial charge is 0.313 e. The van der Waals surface area contributed by atoms with Gasteiger partial charge >= 0.3 is 5.97 Å². The van der Waals surface area contributed by atoms with Gasteiger partial charge in [0.1, 0.15) is 12.4 Å². The van der Waals surface area contributed by atoms with Gasteiger partial charge in [0.2, 0.25) is 5.69 Å². The molecule has 3 rings (SSSR count). The Hall–Kier alpha value is -2.50. The van der Waals surface area contributed by atoms with E-state index in [1.807, 2.05) is 18.2 Å². The summed E-state index contributed by atoms with van der Waals surface area (Å²) in [6.07, 6.45) is 2.49. The molecule has 0 radical (unpaired) electrons. The van der Waals surface area contributed by atoms with Gasteiger partial charge in [-0.05, 0) is 26.0 Å². The molecule has 148 valence electrons. The van der Waals surface area contributed by atoms with Crippen molar-refractivity contribution >= 4 is 17.9 Å². The summed E-state index contributed by atoms with van der Waals surface area (Å²) in [5.41, 5.74) is 2.65. The van der Waals surface area contributed by atoms with Crippen LogP contribution in [0.2, 0.25) is 0 Å². The van der Waals surface area contributed by atoms with Crippen LogP contribution < -0.4 is 4.74 Å². The highest BCUT2D eigenvalue weighted by Crippen LogP contribution is 2.35. The Labute approximate surface area is 166 Å². The molecule has 0 amide bonds. The van der Waals surface area contributed by atoms with Gasteiger partial charge in [0.15, 0.2) is 12.8 Å². The predicted octanol–water partition coefficient (Wildman–Crippen LogP) is 3.72. The maximum absolute atomic E-state index is 11.7. The van der Waals surface area contributed by atoms with E-state index in [0.29, 0.717) is 32.2 Å². The molecule has 28 heavy (non-hydrogen) atoms. The van der Waals surface area contributed by atoms with E-state index in [1.54, 1.807) is 12.1 Å². The lowest BCUT2D eigenvalue weighted by atomic mass is 9.87. The van der Waals surface area contributed by atoms with Crippen molar-refractivity contribution in [1.82, 2.24) is 0 Å². The van der Waals surface area contributed by atoms with Crippen LogP contribution in [0.4, 0.5) is 5.69 Å². The van der Waals surface area contributed by atoms with Crippen molar-refractivity contribution in [2.45, 2.75) is 25.7 Å². The van der Waals surface area contributed by atoms with Crippen molar-refractivity contribution < 1.29 is 23.6 Å². The minimum absolute atomic E-state index is 0.0497. The molecule has 0 N–H and O–H groups in total. The lowest BCUT2D eigenvalue weighted by Gasteiger charge is -2.09. The molecule has 2 aromatic rings. The average Bonchev–Trinajstić information content (AvgIpc) is 2.95. The Balaban J connectivity index is 1.27. The Morgan fingerprint density at radius 1 is 0.893 bits per heavy atom. The second kappa shape index (κ2) is 9.62. The first-order valence-electron chi connectivity index (χ1n) is 9.70. The van der Waals surface area contributed by atoms with Gasteiger partial charge in [-0.3, -0.25) is 4.79 Å². The fourth-order valence-corrected chi connectivity index (χ4v) is 3.29. The number of carbonyl (C=O) groups is 1. The standard InChI is InChI=1S/C23H28NO4/c1-23(2)18-24(21-11-7-6-10-20(21)23)13-15-27-17-16-26-14-12-22(25)28-19-8-4-3-5-9-19/h3-11,18H,12-17H2,1-2H3/q+1. The van der Waals surface area contributed by atoms with Gasteiger partial charge in [-0.15, -0.1) is 0 Å². The molecule has 0 saturated carbocycles. The first kappa shape index (κ1) is 20.2. The van der Waals surface area contributed by atoms with Crippen LogP contribution >= 0.6 is 0 Å². The topological polar surface area (TPSA) is 47.8 Å². The maximum Gasteiger partial charge on any atom is 0.313 e. The molecule has 0 aromatic heterocycles. The molecule has 2 aromatic carbocycles. The Morgan fingerprint density at radius 3 is 2.36 bits per heavy atom. The third-order valence-electron chi connectivity index (χ3n) is 4.66. The van der Waals surface area contributed by atoms with E-state index in [2.05, 4.69) is 48.9 Å². The van der Waals surface area contributed by atoms with E-state index in [0.717, 1.165) is 6.54 Å². The number of carbonyl (C=O) groups excluding carboxylic acids is 1. The number of nitrogens with zero attached hydrogens (tertiary/aromatic N) is 1. The number of hydrogen-bond donors (Lipinski definition) is 0. The molecule has 5 nitrogen and oxygen atoms in total. The monoisotopic (exact) mass is 382 g/mol.